The van der Waals surface area contributed by atoms with E-state index in [9.17, 15) is 9.59 Å². The number of nitrogens with one attached hydrogen (secondary N) is 2. The first-order valence-corrected chi connectivity index (χ1v) is 7.54. The van der Waals surface area contributed by atoms with E-state index in [1.165, 1.54) is 6.26 Å². The van der Waals surface area contributed by atoms with Gasteiger partial charge in [-0.1, -0.05) is 27.7 Å². The highest BCUT2D eigenvalue weighted by atomic mass is 16.3. The molecule has 2 N–H and O–H groups in total. The number of carbonyl (C=O) groups excluding carboxylic acids is 2. The van der Waals surface area contributed by atoms with Crippen LogP contribution in [0.2, 0.25) is 0 Å². The molecule has 0 spiro atoms. The largest absolute Gasteiger partial charge is 0.459 e. The van der Waals surface area contributed by atoms with E-state index in [0.29, 0.717) is 12.5 Å². The van der Waals surface area contributed by atoms with Gasteiger partial charge in [0.2, 0.25) is 5.91 Å². The van der Waals surface area contributed by atoms with Gasteiger partial charge in [0.1, 0.15) is 6.04 Å². The predicted molar refractivity (Wildman–Crippen MR) is 81.9 cm³/mol. The molecule has 0 aliphatic heterocycles. The molecule has 2 amide bonds. The lowest BCUT2D eigenvalue weighted by Gasteiger charge is -2.21. The molecule has 5 heteroatoms. The van der Waals surface area contributed by atoms with Gasteiger partial charge in [-0.25, -0.2) is 0 Å². The molecular formula is C16H26N2O3. The van der Waals surface area contributed by atoms with Gasteiger partial charge in [0.25, 0.3) is 5.91 Å². The molecule has 0 aliphatic rings. The number of amides is 2. The van der Waals surface area contributed by atoms with Crippen LogP contribution in [0.4, 0.5) is 0 Å². The topological polar surface area (TPSA) is 71.3 Å². The summed E-state index contributed by atoms with van der Waals surface area (Å²) in [6, 6.07) is 2.67. The van der Waals surface area contributed by atoms with Crippen molar-refractivity contribution in [1.29, 1.82) is 0 Å². The highest BCUT2D eigenvalue weighted by Crippen LogP contribution is 2.06. The second kappa shape index (κ2) is 8.49. The Balaban J connectivity index is 2.48. The van der Waals surface area contributed by atoms with E-state index < -0.39 is 6.04 Å². The molecule has 1 atom stereocenters. The standard InChI is InChI=1S/C16H26N2O3/c1-11(2)7-5-9-17-16(20)14(12(3)4)18-15(19)13-8-6-10-21-13/h6,8,10-12,14H,5,7,9H2,1-4H3,(H,17,20)(H,18,19). The van der Waals surface area contributed by atoms with Crippen LogP contribution >= 0.6 is 0 Å². The van der Waals surface area contributed by atoms with Crippen LogP contribution in [0.5, 0.6) is 0 Å². The lowest BCUT2D eigenvalue weighted by atomic mass is 10.0. The van der Waals surface area contributed by atoms with E-state index in [1.807, 2.05) is 13.8 Å². The predicted octanol–water partition coefficient (Wildman–Crippen LogP) is 2.59. The fourth-order valence-electron chi connectivity index (χ4n) is 1.99. The SMILES string of the molecule is CC(C)CCCNC(=O)C(NC(=O)c1ccco1)C(C)C. The van der Waals surface area contributed by atoms with Crippen molar-refractivity contribution < 1.29 is 14.0 Å². The smallest absolute Gasteiger partial charge is 0.287 e. The van der Waals surface area contributed by atoms with E-state index in [-0.39, 0.29) is 23.5 Å². The number of hydrogen-bond acceptors (Lipinski definition) is 3. The molecule has 0 bridgehead atoms. The molecule has 1 aromatic rings. The van der Waals surface area contributed by atoms with E-state index in [0.717, 1.165) is 12.8 Å². The molecule has 0 radical (unpaired) electrons. The maximum atomic E-state index is 12.2. The molecule has 21 heavy (non-hydrogen) atoms. The monoisotopic (exact) mass is 294 g/mol. The molecular weight excluding hydrogens is 268 g/mol. The molecule has 1 rings (SSSR count). The minimum Gasteiger partial charge on any atom is -0.459 e. The first-order valence-electron chi connectivity index (χ1n) is 7.54. The zero-order valence-electron chi connectivity index (χ0n) is 13.3. The van der Waals surface area contributed by atoms with E-state index in [1.54, 1.807) is 12.1 Å². The Morgan fingerprint density at radius 1 is 1.24 bits per heavy atom. The van der Waals surface area contributed by atoms with Gasteiger partial charge in [-0.05, 0) is 36.8 Å². The maximum absolute atomic E-state index is 12.2. The molecule has 0 saturated carbocycles. The average molecular weight is 294 g/mol. The Kier molecular flexibility index (Phi) is 6.99. The second-order valence-corrected chi connectivity index (χ2v) is 6.00. The number of rotatable bonds is 8. The third-order valence-corrected chi connectivity index (χ3v) is 3.24. The van der Waals surface area contributed by atoms with E-state index in [2.05, 4.69) is 24.5 Å². The zero-order chi connectivity index (χ0) is 15.8. The van der Waals surface area contributed by atoms with Gasteiger partial charge in [0, 0.05) is 6.54 Å². The minimum atomic E-state index is -0.554. The Bertz CT molecular complexity index is 438. The molecule has 1 aromatic heterocycles. The third kappa shape index (κ3) is 6.02. The summed E-state index contributed by atoms with van der Waals surface area (Å²) in [5.41, 5.74) is 0. The fourth-order valence-corrected chi connectivity index (χ4v) is 1.99. The van der Waals surface area contributed by atoms with Crippen LogP contribution in [0.1, 0.15) is 51.1 Å². The summed E-state index contributed by atoms with van der Waals surface area (Å²) < 4.78 is 5.04. The molecule has 0 aliphatic carbocycles. The van der Waals surface area contributed by atoms with Crippen LogP contribution in [0.15, 0.2) is 22.8 Å². The van der Waals surface area contributed by atoms with E-state index in [4.69, 9.17) is 4.42 Å². The Hall–Kier alpha value is -1.78. The quantitative estimate of drug-likeness (QED) is 0.724. The Morgan fingerprint density at radius 2 is 1.95 bits per heavy atom. The first-order chi connectivity index (χ1) is 9.91. The van der Waals surface area contributed by atoms with E-state index >= 15 is 0 Å². The summed E-state index contributed by atoms with van der Waals surface area (Å²) >= 11 is 0. The average Bonchev–Trinajstić information content (AvgIpc) is 2.93. The van der Waals surface area contributed by atoms with Crippen LogP contribution in [0.25, 0.3) is 0 Å². The lowest BCUT2D eigenvalue weighted by Crippen LogP contribution is -2.49. The van der Waals surface area contributed by atoms with Crippen molar-refractivity contribution in [3.8, 4) is 0 Å². The maximum Gasteiger partial charge on any atom is 0.287 e. The first kappa shape index (κ1) is 17.3. The van der Waals surface area contributed by atoms with Crippen LogP contribution in [-0.2, 0) is 4.79 Å². The van der Waals surface area contributed by atoms with Crippen molar-refractivity contribution in [3.63, 3.8) is 0 Å². The van der Waals surface area contributed by atoms with Gasteiger partial charge in [0.05, 0.1) is 6.26 Å². The third-order valence-electron chi connectivity index (χ3n) is 3.24. The number of hydrogen-bond donors (Lipinski definition) is 2. The van der Waals surface area contributed by atoms with Crippen LogP contribution in [0, 0.1) is 11.8 Å². The van der Waals surface area contributed by atoms with Crippen molar-refractivity contribution in [3.05, 3.63) is 24.2 Å². The summed E-state index contributed by atoms with van der Waals surface area (Å²) in [4.78, 5) is 24.1. The normalized spacial score (nSPS) is 12.5. The molecule has 1 unspecified atom stereocenters. The van der Waals surface area contributed by atoms with Crippen LogP contribution < -0.4 is 10.6 Å². The highest BCUT2D eigenvalue weighted by Gasteiger charge is 2.25. The molecule has 1 heterocycles. The summed E-state index contributed by atoms with van der Waals surface area (Å²) in [5, 5.41) is 5.61. The minimum absolute atomic E-state index is 0.00834. The van der Waals surface area contributed by atoms with Crippen molar-refractivity contribution in [2.24, 2.45) is 11.8 Å². The second-order valence-electron chi connectivity index (χ2n) is 6.00. The molecule has 118 valence electrons. The van der Waals surface area contributed by atoms with Gasteiger partial charge >= 0.3 is 0 Å². The lowest BCUT2D eigenvalue weighted by molar-refractivity contribution is -0.123. The molecule has 0 saturated heterocycles. The molecule has 5 nitrogen and oxygen atoms in total. The van der Waals surface area contributed by atoms with Crippen molar-refractivity contribution >= 4 is 11.8 Å². The highest BCUT2D eigenvalue weighted by molar-refractivity contribution is 5.95. The Labute approximate surface area is 126 Å². The number of carbonyl (C=O) groups is 2. The van der Waals surface area contributed by atoms with Gasteiger partial charge in [-0.3, -0.25) is 9.59 Å². The van der Waals surface area contributed by atoms with Crippen molar-refractivity contribution in [2.45, 2.75) is 46.6 Å². The number of furan rings is 1. The summed E-state index contributed by atoms with van der Waals surface area (Å²) in [5.74, 6) is 0.341. The van der Waals surface area contributed by atoms with Crippen molar-refractivity contribution in [1.82, 2.24) is 10.6 Å². The van der Waals surface area contributed by atoms with Gasteiger partial charge in [-0.2, -0.15) is 0 Å². The summed E-state index contributed by atoms with van der Waals surface area (Å²) in [6.07, 6.45) is 3.46. The summed E-state index contributed by atoms with van der Waals surface area (Å²) in [7, 11) is 0. The Morgan fingerprint density at radius 3 is 2.48 bits per heavy atom. The van der Waals surface area contributed by atoms with Gasteiger partial charge in [-0.15, -0.1) is 0 Å². The molecule has 0 aromatic carbocycles. The van der Waals surface area contributed by atoms with Gasteiger partial charge in [0.15, 0.2) is 5.76 Å². The van der Waals surface area contributed by atoms with Gasteiger partial charge < -0.3 is 15.1 Å². The van der Waals surface area contributed by atoms with Crippen molar-refractivity contribution in [2.75, 3.05) is 6.54 Å². The van der Waals surface area contributed by atoms with Crippen LogP contribution in [0.3, 0.4) is 0 Å². The zero-order valence-corrected chi connectivity index (χ0v) is 13.3. The molecule has 0 fully saturated rings. The summed E-state index contributed by atoms with van der Waals surface area (Å²) in [6.45, 7) is 8.75. The van der Waals surface area contributed by atoms with Crippen LogP contribution in [-0.4, -0.2) is 24.4 Å². The fraction of sp³-hybridized carbons (Fsp3) is 0.625.